The molecule has 1 aromatic heterocycles. The molecule has 0 atom stereocenters. The number of ether oxygens (including phenoxy) is 1. The van der Waals surface area contributed by atoms with Crippen molar-refractivity contribution < 1.29 is 23.5 Å². The fourth-order valence-corrected chi connectivity index (χ4v) is 4.46. The molecule has 0 radical (unpaired) electrons. The first kappa shape index (κ1) is 29.3. The van der Waals surface area contributed by atoms with Gasteiger partial charge in [0.2, 0.25) is 5.91 Å². The standard InChI is InChI=1S/C29H31ClFN5O4/c1-35(2)29(39)28(38)21-6-4-3-5-20(21)17-24-22(30)18-32-26(33-24)16-19-7-8-23(31)25(15-19)34-27(37)9-10-36-11-13-40-14-12-36/h3-8,15,18H,9-14,16-17H2,1-2H3,(H,34,37). The van der Waals surface area contributed by atoms with E-state index >= 15 is 0 Å². The number of morpholine rings is 1. The number of aromatic nitrogens is 2. The van der Waals surface area contributed by atoms with Crippen LogP contribution in [0.5, 0.6) is 0 Å². The minimum Gasteiger partial charge on any atom is -0.379 e. The van der Waals surface area contributed by atoms with E-state index < -0.39 is 17.5 Å². The van der Waals surface area contributed by atoms with E-state index in [0.29, 0.717) is 47.4 Å². The Morgan fingerprint density at radius 2 is 1.85 bits per heavy atom. The summed E-state index contributed by atoms with van der Waals surface area (Å²) >= 11 is 6.39. The molecular weight excluding hydrogens is 537 g/mol. The number of rotatable bonds is 10. The zero-order valence-corrected chi connectivity index (χ0v) is 23.2. The summed E-state index contributed by atoms with van der Waals surface area (Å²) in [6.07, 6.45) is 2.20. The van der Waals surface area contributed by atoms with E-state index in [2.05, 4.69) is 20.2 Å². The number of halogens is 2. The van der Waals surface area contributed by atoms with Gasteiger partial charge in [-0.1, -0.05) is 41.9 Å². The molecule has 40 heavy (non-hydrogen) atoms. The Labute approximate surface area is 237 Å². The Morgan fingerprint density at radius 3 is 2.60 bits per heavy atom. The fourth-order valence-electron chi connectivity index (χ4n) is 4.31. The van der Waals surface area contributed by atoms with Crippen molar-refractivity contribution in [2.24, 2.45) is 0 Å². The molecule has 1 N–H and O–H groups in total. The smallest absolute Gasteiger partial charge is 0.294 e. The number of carbonyl (C=O) groups excluding carboxylic acids is 3. The molecule has 1 aliphatic heterocycles. The van der Waals surface area contributed by atoms with Gasteiger partial charge in [0.1, 0.15) is 11.6 Å². The molecule has 2 heterocycles. The van der Waals surface area contributed by atoms with Crippen LogP contribution in [0.1, 0.15) is 39.4 Å². The summed E-state index contributed by atoms with van der Waals surface area (Å²) in [5, 5.41) is 2.98. The zero-order valence-electron chi connectivity index (χ0n) is 22.5. The van der Waals surface area contributed by atoms with Crippen molar-refractivity contribution in [3.05, 3.63) is 87.7 Å². The van der Waals surface area contributed by atoms with E-state index in [-0.39, 0.29) is 36.4 Å². The Bertz CT molecular complexity index is 1390. The molecule has 2 aromatic carbocycles. The van der Waals surface area contributed by atoms with Crippen molar-refractivity contribution in [3.8, 4) is 0 Å². The molecule has 9 nitrogen and oxygen atoms in total. The number of likely N-dealkylation sites (N-methyl/N-ethyl adjacent to an activating group) is 1. The lowest BCUT2D eigenvalue weighted by Crippen LogP contribution is -2.38. The maximum absolute atomic E-state index is 14.5. The predicted octanol–water partition coefficient (Wildman–Crippen LogP) is 3.38. The summed E-state index contributed by atoms with van der Waals surface area (Å²) in [4.78, 5) is 49.7. The maximum Gasteiger partial charge on any atom is 0.294 e. The number of amides is 2. The van der Waals surface area contributed by atoms with Gasteiger partial charge in [-0.2, -0.15) is 0 Å². The summed E-state index contributed by atoms with van der Waals surface area (Å²) in [7, 11) is 3.04. The summed E-state index contributed by atoms with van der Waals surface area (Å²) in [6, 6.07) is 11.3. The molecule has 1 fully saturated rings. The molecule has 210 valence electrons. The number of nitrogens with zero attached hydrogens (tertiary/aromatic N) is 4. The number of nitrogens with one attached hydrogen (secondary N) is 1. The van der Waals surface area contributed by atoms with Crippen LogP contribution in [0.4, 0.5) is 10.1 Å². The van der Waals surface area contributed by atoms with Crippen LogP contribution in [0.2, 0.25) is 5.02 Å². The van der Waals surface area contributed by atoms with Gasteiger partial charge >= 0.3 is 0 Å². The van der Waals surface area contributed by atoms with Crippen LogP contribution in [0.15, 0.2) is 48.7 Å². The molecule has 0 unspecified atom stereocenters. The average molecular weight is 568 g/mol. The number of benzene rings is 2. The van der Waals surface area contributed by atoms with Gasteiger partial charge in [-0.15, -0.1) is 0 Å². The highest BCUT2D eigenvalue weighted by Gasteiger charge is 2.22. The minimum atomic E-state index is -0.623. The summed E-state index contributed by atoms with van der Waals surface area (Å²) in [6.45, 7) is 3.42. The van der Waals surface area contributed by atoms with Crippen molar-refractivity contribution in [2.45, 2.75) is 19.3 Å². The molecule has 0 aliphatic carbocycles. The predicted molar refractivity (Wildman–Crippen MR) is 149 cm³/mol. The highest BCUT2D eigenvalue weighted by Crippen LogP contribution is 2.22. The van der Waals surface area contributed by atoms with Crippen LogP contribution in [0.25, 0.3) is 0 Å². The normalized spacial score (nSPS) is 13.6. The van der Waals surface area contributed by atoms with E-state index in [0.717, 1.165) is 13.1 Å². The molecular formula is C29H31ClFN5O4. The first-order valence-electron chi connectivity index (χ1n) is 12.9. The average Bonchev–Trinajstić information content (AvgIpc) is 2.95. The van der Waals surface area contributed by atoms with Crippen LogP contribution < -0.4 is 5.32 Å². The summed E-state index contributed by atoms with van der Waals surface area (Å²) in [5.74, 6) is -1.61. The van der Waals surface area contributed by atoms with E-state index in [9.17, 15) is 18.8 Å². The van der Waals surface area contributed by atoms with Gasteiger partial charge in [0.05, 0.1) is 29.6 Å². The van der Waals surface area contributed by atoms with Crippen molar-refractivity contribution in [2.75, 3.05) is 52.3 Å². The topological polar surface area (TPSA) is 105 Å². The second-order valence-electron chi connectivity index (χ2n) is 9.69. The Hall–Kier alpha value is -3.73. The van der Waals surface area contributed by atoms with Crippen molar-refractivity contribution in [3.63, 3.8) is 0 Å². The van der Waals surface area contributed by atoms with Gasteiger partial charge in [-0.25, -0.2) is 14.4 Å². The third kappa shape index (κ3) is 7.68. The van der Waals surface area contributed by atoms with Crippen molar-refractivity contribution >= 4 is 34.9 Å². The van der Waals surface area contributed by atoms with Gasteiger partial charge in [-0.3, -0.25) is 19.3 Å². The van der Waals surface area contributed by atoms with Crippen LogP contribution in [0.3, 0.4) is 0 Å². The number of hydrogen-bond donors (Lipinski definition) is 1. The SMILES string of the molecule is CN(C)C(=O)C(=O)c1ccccc1Cc1nc(Cc2ccc(F)c(NC(=O)CCN3CCOCC3)c2)ncc1Cl. The lowest BCUT2D eigenvalue weighted by molar-refractivity contribution is -0.124. The first-order valence-corrected chi connectivity index (χ1v) is 13.3. The minimum absolute atomic E-state index is 0.0941. The molecule has 11 heteroatoms. The Morgan fingerprint density at radius 1 is 1.10 bits per heavy atom. The lowest BCUT2D eigenvalue weighted by atomic mass is 9.99. The summed E-state index contributed by atoms with van der Waals surface area (Å²) < 4.78 is 19.8. The number of Topliss-reactive ketones (excluding diaryl/α,β-unsaturated/α-hetero) is 1. The maximum atomic E-state index is 14.5. The zero-order chi connectivity index (χ0) is 28.6. The van der Waals surface area contributed by atoms with Gasteiger partial charge in [0.15, 0.2) is 0 Å². The molecule has 0 spiro atoms. The number of hydrogen-bond acceptors (Lipinski definition) is 7. The molecule has 0 saturated carbocycles. The molecule has 4 rings (SSSR count). The third-order valence-electron chi connectivity index (χ3n) is 6.51. The second-order valence-corrected chi connectivity index (χ2v) is 10.1. The van der Waals surface area contributed by atoms with E-state index in [1.807, 2.05) is 0 Å². The van der Waals surface area contributed by atoms with E-state index in [4.69, 9.17) is 16.3 Å². The van der Waals surface area contributed by atoms with Crippen LogP contribution in [-0.2, 0) is 27.2 Å². The lowest BCUT2D eigenvalue weighted by Gasteiger charge is -2.26. The number of ketones is 1. The monoisotopic (exact) mass is 567 g/mol. The van der Waals surface area contributed by atoms with E-state index in [1.165, 1.54) is 31.3 Å². The molecule has 2 amide bonds. The van der Waals surface area contributed by atoms with E-state index in [1.54, 1.807) is 36.4 Å². The Balaban J connectivity index is 1.46. The van der Waals surface area contributed by atoms with Crippen LogP contribution >= 0.6 is 11.6 Å². The van der Waals surface area contributed by atoms with Crippen molar-refractivity contribution in [1.82, 2.24) is 19.8 Å². The number of carbonyl (C=O) groups is 3. The van der Waals surface area contributed by atoms with Crippen molar-refractivity contribution in [1.29, 1.82) is 0 Å². The van der Waals surface area contributed by atoms with Crippen LogP contribution in [-0.4, -0.2) is 84.3 Å². The van der Waals surface area contributed by atoms with Gasteiger partial charge < -0.3 is 15.0 Å². The highest BCUT2D eigenvalue weighted by molar-refractivity contribution is 6.43. The number of anilines is 1. The fraction of sp³-hybridized carbons (Fsp3) is 0.345. The quantitative estimate of drug-likeness (QED) is 0.296. The molecule has 1 aliphatic rings. The molecule has 0 bridgehead atoms. The summed E-state index contributed by atoms with van der Waals surface area (Å²) in [5.41, 5.74) is 2.17. The third-order valence-corrected chi connectivity index (χ3v) is 6.83. The largest absolute Gasteiger partial charge is 0.379 e. The Kier molecular flexibility index (Phi) is 9.92. The highest BCUT2D eigenvalue weighted by atomic mass is 35.5. The molecule has 1 saturated heterocycles. The second kappa shape index (κ2) is 13.6. The van der Waals surface area contributed by atoms with Crippen LogP contribution in [0, 0.1) is 5.82 Å². The van der Waals surface area contributed by atoms with Gasteiger partial charge in [0.25, 0.3) is 11.7 Å². The molecule has 3 aromatic rings. The van der Waals surface area contributed by atoms with Gasteiger partial charge in [-0.05, 0) is 23.3 Å². The van der Waals surface area contributed by atoms with Gasteiger partial charge in [0, 0.05) is 64.8 Å². The first-order chi connectivity index (χ1) is 19.2.